The number of nitrogens with zero attached hydrogens (tertiary/aromatic N) is 3. The van der Waals surface area contributed by atoms with E-state index >= 15 is 0 Å². The van der Waals surface area contributed by atoms with Crippen LogP contribution >= 0.6 is 22.9 Å². The van der Waals surface area contributed by atoms with Crippen molar-refractivity contribution >= 4 is 33.2 Å². The van der Waals surface area contributed by atoms with Crippen molar-refractivity contribution in [1.82, 2.24) is 14.5 Å². The number of aromatic nitrogens is 3. The smallest absolute Gasteiger partial charge is 0.271 e. The first kappa shape index (κ1) is 11.4. The molecule has 0 aliphatic heterocycles. The van der Waals surface area contributed by atoms with Gasteiger partial charge in [0.2, 0.25) is 0 Å². The highest BCUT2D eigenvalue weighted by Crippen LogP contribution is 2.14. The summed E-state index contributed by atoms with van der Waals surface area (Å²) in [6.45, 7) is 0.375. The summed E-state index contributed by atoms with van der Waals surface area (Å²) >= 11 is 7.29. The van der Waals surface area contributed by atoms with Crippen molar-refractivity contribution in [3.63, 3.8) is 0 Å². The Bertz CT molecular complexity index is 765. The summed E-state index contributed by atoms with van der Waals surface area (Å²) in [5.74, 6) is 0. The SMILES string of the molecule is O=c1c2sccc2ncn1Cc1cc(Cl)ccn1. The van der Waals surface area contributed by atoms with Crippen LogP contribution in [0.2, 0.25) is 5.02 Å². The van der Waals surface area contributed by atoms with Crippen LogP contribution in [0.4, 0.5) is 0 Å². The molecule has 0 fully saturated rings. The number of thiophene rings is 1. The third-order valence-electron chi connectivity index (χ3n) is 2.55. The maximum Gasteiger partial charge on any atom is 0.271 e. The van der Waals surface area contributed by atoms with E-state index in [2.05, 4.69) is 9.97 Å². The summed E-state index contributed by atoms with van der Waals surface area (Å²) in [4.78, 5) is 20.6. The van der Waals surface area contributed by atoms with Crippen molar-refractivity contribution in [1.29, 1.82) is 0 Å². The third kappa shape index (κ3) is 2.02. The van der Waals surface area contributed by atoms with Crippen LogP contribution < -0.4 is 5.56 Å². The van der Waals surface area contributed by atoms with E-state index < -0.39 is 0 Å². The van der Waals surface area contributed by atoms with Crippen molar-refractivity contribution in [2.45, 2.75) is 6.54 Å². The summed E-state index contributed by atoms with van der Waals surface area (Å²) in [7, 11) is 0. The lowest BCUT2D eigenvalue weighted by molar-refractivity contribution is 0.731. The van der Waals surface area contributed by atoms with Crippen molar-refractivity contribution in [2.75, 3.05) is 0 Å². The number of rotatable bonds is 2. The van der Waals surface area contributed by atoms with Gasteiger partial charge in [-0.2, -0.15) is 0 Å². The molecule has 0 bridgehead atoms. The maximum atomic E-state index is 12.2. The third-order valence-corrected chi connectivity index (χ3v) is 3.67. The van der Waals surface area contributed by atoms with Gasteiger partial charge >= 0.3 is 0 Å². The van der Waals surface area contributed by atoms with Crippen LogP contribution in [0.5, 0.6) is 0 Å². The molecule has 0 N–H and O–H groups in total. The van der Waals surface area contributed by atoms with Crippen LogP contribution in [0.25, 0.3) is 10.2 Å². The molecule has 90 valence electrons. The number of halogens is 1. The van der Waals surface area contributed by atoms with E-state index in [1.54, 1.807) is 24.7 Å². The lowest BCUT2D eigenvalue weighted by Crippen LogP contribution is -2.20. The van der Waals surface area contributed by atoms with E-state index in [0.717, 1.165) is 11.2 Å². The molecule has 0 amide bonds. The van der Waals surface area contributed by atoms with Crippen LogP contribution in [-0.4, -0.2) is 14.5 Å². The van der Waals surface area contributed by atoms with Gasteiger partial charge in [-0.25, -0.2) is 4.98 Å². The highest BCUT2D eigenvalue weighted by molar-refractivity contribution is 7.17. The first-order valence-corrected chi connectivity index (χ1v) is 6.53. The topological polar surface area (TPSA) is 47.8 Å². The average Bonchev–Trinajstić information content (AvgIpc) is 2.82. The van der Waals surface area contributed by atoms with Gasteiger partial charge in [-0.3, -0.25) is 14.3 Å². The van der Waals surface area contributed by atoms with Crippen molar-refractivity contribution in [3.05, 3.63) is 57.2 Å². The molecule has 0 unspecified atom stereocenters. The van der Waals surface area contributed by atoms with Gasteiger partial charge in [0.05, 0.1) is 24.1 Å². The van der Waals surface area contributed by atoms with Crippen LogP contribution in [-0.2, 0) is 6.54 Å². The second-order valence-corrected chi connectivity index (χ2v) is 5.13. The molecular weight excluding hydrogens is 270 g/mol. The van der Waals surface area contributed by atoms with Crippen LogP contribution in [0.15, 0.2) is 40.9 Å². The summed E-state index contributed by atoms with van der Waals surface area (Å²) < 4.78 is 2.21. The molecule has 4 nitrogen and oxygen atoms in total. The number of pyridine rings is 1. The fourth-order valence-corrected chi connectivity index (χ4v) is 2.68. The van der Waals surface area contributed by atoms with Crippen LogP contribution in [0.1, 0.15) is 5.69 Å². The Morgan fingerprint density at radius 3 is 3.06 bits per heavy atom. The zero-order valence-electron chi connectivity index (χ0n) is 9.21. The molecule has 3 rings (SSSR count). The van der Waals surface area contributed by atoms with E-state index in [-0.39, 0.29) is 5.56 Å². The van der Waals surface area contributed by atoms with Gasteiger partial charge in [0.25, 0.3) is 5.56 Å². The van der Waals surface area contributed by atoms with Crippen LogP contribution in [0.3, 0.4) is 0 Å². The summed E-state index contributed by atoms with van der Waals surface area (Å²) in [5, 5.41) is 2.47. The monoisotopic (exact) mass is 277 g/mol. The molecular formula is C12H8ClN3OS. The number of hydrogen-bond acceptors (Lipinski definition) is 4. The maximum absolute atomic E-state index is 12.2. The summed E-state index contributed by atoms with van der Waals surface area (Å²) in [5.41, 5.74) is 1.43. The first-order valence-electron chi connectivity index (χ1n) is 5.27. The molecule has 0 spiro atoms. The summed E-state index contributed by atoms with van der Waals surface area (Å²) in [6, 6.07) is 5.28. The largest absolute Gasteiger partial charge is 0.292 e. The molecule has 0 atom stereocenters. The predicted molar refractivity (Wildman–Crippen MR) is 72.2 cm³/mol. The molecule has 3 aromatic rings. The Morgan fingerprint density at radius 1 is 1.33 bits per heavy atom. The molecule has 6 heteroatoms. The van der Waals surface area contributed by atoms with Crippen LogP contribution in [0, 0.1) is 0 Å². The molecule has 0 radical (unpaired) electrons. The van der Waals surface area contributed by atoms with Crippen molar-refractivity contribution in [2.24, 2.45) is 0 Å². The van der Waals surface area contributed by atoms with Gasteiger partial charge < -0.3 is 0 Å². The Labute approximate surface area is 112 Å². The minimum Gasteiger partial charge on any atom is -0.292 e. The zero-order valence-corrected chi connectivity index (χ0v) is 10.8. The zero-order chi connectivity index (χ0) is 12.5. The fraction of sp³-hybridized carbons (Fsp3) is 0.0833. The average molecular weight is 278 g/mol. The van der Waals surface area contributed by atoms with Gasteiger partial charge in [0.1, 0.15) is 4.70 Å². The van der Waals surface area contributed by atoms with Gasteiger partial charge in [0.15, 0.2) is 0 Å². The number of hydrogen-bond donors (Lipinski definition) is 0. The van der Waals surface area contributed by atoms with Gasteiger partial charge in [-0.15, -0.1) is 11.3 Å². The Hall–Kier alpha value is -1.72. The van der Waals surface area contributed by atoms with Gasteiger partial charge in [0, 0.05) is 11.2 Å². The van der Waals surface area contributed by atoms with E-state index in [1.807, 2.05) is 11.4 Å². The lowest BCUT2D eigenvalue weighted by Gasteiger charge is -2.04. The van der Waals surface area contributed by atoms with E-state index in [4.69, 9.17) is 11.6 Å². The second-order valence-electron chi connectivity index (χ2n) is 3.78. The molecule has 0 saturated carbocycles. The molecule has 0 aliphatic carbocycles. The quantitative estimate of drug-likeness (QED) is 0.723. The van der Waals surface area contributed by atoms with E-state index in [9.17, 15) is 4.79 Å². The van der Waals surface area contributed by atoms with Gasteiger partial charge in [-0.1, -0.05) is 11.6 Å². The fourth-order valence-electron chi connectivity index (χ4n) is 1.70. The normalized spacial score (nSPS) is 10.9. The Balaban J connectivity index is 2.05. The predicted octanol–water partition coefficient (Wildman–Crippen LogP) is 2.55. The second kappa shape index (κ2) is 4.51. The standard InChI is InChI=1S/C12H8ClN3OS/c13-8-1-3-14-9(5-8)6-16-7-15-10-2-4-18-11(10)12(16)17/h1-5,7H,6H2. The Kier molecular flexibility index (Phi) is 2.85. The minimum atomic E-state index is -0.0447. The van der Waals surface area contributed by atoms with E-state index in [0.29, 0.717) is 16.3 Å². The molecule has 0 aliphatic rings. The lowest BCUT2D eigenvalue weighted by atomic mass is 10.3. The molecule has 3 heterocycles. The number of fused-ring (bicyclic) bond motifs is 1. The highest BCUT2D eigenvalue weighted by atomic mass is 35.5. The van der Waals surface area contributed by atoms with Crippen molar-refractivity contribution in [3.8, 4) is 0 Å². The minimum absolute atomic E-state index is 0.0447. The molecule has 0 aromatic carbocycles. The van der Waals surface area contributed by atoms with E-state index in [1.165, 1.54) is 15.9 Å². The first-order chi connectivity index (χ1) is 8.74. The van der Waals surface area contributed by atoms with Crippen molar-refractivity contribution < 1.29 is 0 Å². The molecule has 3 aromatic heterocycles. The highest BCUT2D eigenvalue weighted by Gasteiger charge is 2.06. The Morgan fingerprint density at radius 2 is 2.22 bits per heavy atom. The van der Waals surface area contributed by atoms with Gasteiger partial charge in [-0.05, 0) is 23.6 Å². The molecule has 0 saturated heterocycles. The summed E-state index contributed by atoms with van der Waals surface area (Å²) in [6.07, 6.45) is 3.17. The molecule has 18 heavy (non-hydrogen) atoms.